The van der Waals surface area contributed by atoms with Crippen LogP contribution in [0.25, 0.3) is 0 Å². The maximum atomic E-state index is 10.8. The van der Waals surface area contributed by atoms with Gasteiger partial charge in [-0.2, -0.15) is 0 Å². The van der Waals surface area contributed by atoms with Crippen molar-refractivity contribution < 1.29 is 14.6 Å². The number of aromatic hydroxyl groups is 1. The van der Waals surface area contributed by atoms with Gasteiger partial charge in [-0.1, -0.05) is 13.3 Å². The Labute approximate surface area is 89.7 Å². The van der Waals surface area contributed by atoms with Crippen LogP contribution >= 0.6 is 0 Å². The van der Waals surface area contributed by atoms with Crippen LogP contribution in [-0.4, -0.2) is 18.5 Å². The Kier molecular flexibility index (Phi) is 4.16. The van der Waals surface area contributed by atoms with Gasteiger partial charge >= 0.3 is 0 Å². The zero-order chi connectivity index (χ0) is 11.3. The third kappa shape index (κ3) is 2.49. The number of phenols is 1. The Hall–Kier alpha value is -1.51. The summed E-state index contributed by atoms with van der Waals surface area (Å²) in [6, 6.07) is 3.11. The van der Waals surface area contributed by atoms with Crippen LogP contribution in [0, 0.1) is 0 Å². The van der Waals surface area contributed by atoms with Crippen molar-refractivity contribution in [3.05, 3.63) is 23.3 Å². The molecule has 0 fully saturated rings. The number of unbranched alkanes of at least 4 members (excludes halogenated alkanes) is 1. The SMILES string of the molecule is CCCCc1c(C=O)ccc(O)c1OC. The van der Waals surface area contributed by atoms with E-state index >= 15 is 0 Å². The fourth-order valence-electron chi connectivity index (χ4n) is 1.58. The van der Waals surface area contributed by atoms with E-state index in [-0.39, 0.29) is 5.75 Å². The van der Waals surface area contributed by atoms with Gasteiger partial charge in [-0.3, -0.25) is 4.79 Å². The van der Waals surface area contributed by atoms with Crippen LogP contribution in [0.15, 0.2) is 12.1 Å². The molecule has 0 saturated heterocycles. The Bertz CT molecular complexity index is 345. The number of benzene rings is 1. The van der Waals surface area contributed by atoms with E-state index in [2.05, 4.69) is 6.92 Å². The first-order valence-corrected chi connectivity index (χ1v) is 5.08. The summed E-state index contributed by atoms with van der Waals surface area (Å²) >= 11 is 0. The predicted octanol–water partition coefficient (Wildman–Crippen LogP) is 2.56. The molecule has 0 aliphatic rings. The number of ether oxygens (including phenoxy) is 1. The van der Waals surface area contributed by atoms with Gasteiger partial charge in [-0.25, -0.2) is 0 Å². The van der Waals surface area contributed by atoms with Crippen LogP contribution in [0.5, 0.6) is 11.5 Å². The van der Waals surface area contributed by atoms with E-state index in [1.165, 1.54) is 13.2 Å². The molecule has 1 aromatic carbocycles. The minimum atomic E-state index is 0.0919. The van der Waals surface area contributed by atoms with Gasteiger partial charge in [0.15, 0.2) is 11.5 Å². The lowest BCUT2D eigenvalue weighted by atomic mass is 10.0. The number of hydrogen-bond donors (Lipinski definition) is 1. The molecule has 82 valence electrons. The van der Waals surface area contributed by atoms with Gasteiger partial charge in [0, 0.05) is 11.1 Å². The lowest BCUT2D eigenvalue weighted by Crippen LogP contribution is -1.98. The summed E-state index contributed by atoms with van der Waals surface area (Å²) in [5.74, 6) is 0.516. The van der Waals surface area contributed by atoms with Crippen molar-refractivity contribution >= 4 is 6.29 Å². The van der Waals surface area contributed by atoms with Crippen molar-refractivity contribution in [1.29, 1.82) is 0 Å². The molecule has 1 aromatic rings. The fourth-order valence-corrected chi connectivity index (χ4v) is 1.58. The summed E-state index contributed by atoms with van der Waals surface area (Å²) in [5.41, 5.74) is 1.40. The quantitative estimate of drug-likeness (QED) is 0.756. The minimum absolute atomic E-state index is 0.0919. The molecular formula is C12H16O3. The summed E-state index contributed by atoms with van der Waals surface area (Å²) in [7, 11) is 1.50. The van der Waals surface area contributed by atoms with Crippen LogP contribution in [0.3, 0.4) is 0 Å². The Morgan fingerprint density at radius 1 is 1.47 bits per heavy atom. The molecule has 0 bridgehead atoms. The Morgan fingerprint density at radius 2 is 2.20 bits per heavy atom. The van der Waals surface area contributed by atoms with Crippen LogP contribution in [0.4, 0.5) is 0 Å². The van der Waals surface area contributed by atoms with E-state index in [0.717, 1.165) is 31.1 Å². The van der Waals surface area contributed by atoms with Gasteiger partial charge in [-0.05, 0) is 25.0 Å². The molecule has 0 radical (unpaired) electrons. The zero-order valence-corrected chi connectivity index (χ0v) is 9.12. The molecule has 0 spiro atoms. The highest BCUT2D eigenvalue weighted by atomic mass is 16.5. The van der Waals surface area contributed by atoms with Gasteiger partial charge in [0.1, 0.15) is 6.29 Å². The molecule has 1 rings (SSSR count). The molecule has 3 heteroatoms. The summed E-state index contributed by atoms with van der Waals surface area (Å²) in [5, 5.41) is 9.57. The highest BCUT2D eigenvalue weighted by molar-refractivity contribution is 5.79. The molecule has 0 unspecified atom stereocenters. The standard InChI is InChI=1S/C12H16O3/c1-3-4-5-10-9(8-13)6-7-11(14)12(10)15-2/h6-8,14H,3-5H2,1-2H3. The summed E-state index contributed by atoms with van der Waals surface area (Å²) < 4.78 is 5.11. The third-order valence-corrected chi connectivity index (χ3v) is 2.39. The predicted molar refractivity (Wildman–Crippen MR) is 58.7 cm³/mol. The van der Waals surface area contributed by atoms with Crippen LogP contribution in [0.2, 0.25) is 0 Å². The molecule has 0 heterocycles. The molecule has 0 amide bonds. The van der Waals surface area contributed by atoms with Gasteiger partial charge in [0.25, 0.3) is 0 Å². The lowest BCUT2D eigenvalue weighted by molar-refractivity contribution is 0.112. The third-order valence-electron chi connectivity index (χ3n) is 2.39. The zero-order valence-electron chi connectivity index (χ0n) is 9.12. The average molecular weight is 208 g/mol. The summed E-state index contributed by atoms with van der Waals surface area (Å²) in [6.45, 7) is 2.08. The molecule has 0 atom stereocenters. The van der Waals surface area contributed by atoms with Crippen molar-refractivity contribution in [3.8, 4) is 11.5 Å². The van der Waals surface area contributed by atoms with E-state index < -0.39 is 0 Å². The summed E-state index contributed by atoms with van der Waals surface area (Å²) in [6.07, 6.45) is 3.56. The molecule has 3 nitrogen and oxygen atoms in total. The van der Waals surface area contributed by atoms with E-state index in [1.807, 2.05) is 0 Å². The molecule has 15 heavy (non-hydrogen) atoms. The molecule has 0 aliphatic heterocycles. The normalized spacial score (nSPS) is 10.0. The summed E-state index contributed by atoms with van der Waals surface area (Å²) in [4.78, 5) is 10.8. The van der Waals surface area contributed by atoms with E-state index in [1.54, 1.807) is 6.07 Å². The van der Waals surface area contributed by atoms with Crippen LogP contribution < -0.4 is 4.74 Å². The smallest absolute Gasteiger partial charge is 0.164 e. The van der Waals surface area contributed by atoms with Crippen LogP contribution in [-0.2, 0) is 6.42 Å². The van der Waals surface area contributed by atoms with E-state index in [0.29, 0.717) is 11.3 Å². The Balaban J connectivity index is 3.14. The highest BCUT2D eigenvalue weighted by Crippen LogP contribution is 2.32. The number of carbonyl (C=O) groups excluding carboxylic acids is 1. The van der Waals surface area contributed by atoms with E-state index in [4.69, 9.17) is 4.74 Å². The second-order valence-electron chi connectivity index (χ2n) is 3.41. The maximum absolute atomic E-state index is 10.8. The van der Waals surface area contributed by atoms with Crippen molar-refractivity contribution in [3.63, 3.8) is 0 Å². The number of hydrogen-bond acceptors (Lipinski definition) is 3. The minimum Gasteiger partial charge on any atom is -0.504 e. The van der Waals surface area contributed by atoms with Crippen molar-refractivity contribution in [1.82, 2.24) is 0 Å². The van der Waals surface area contributed by atoms with Gasteiger partial charge < -0.3 is 9.84 Å². The highest BCUT2D eigenvalue weighted by Gasteiger charge is 2.12. The Morgan fingerprint density at radius 3 is 2.73 bits per heavy atom. The maximum Gasteiger partial charge on any atom is 0.164 e. The number of phenolic OH excluding ortho intramolecular Hbond substituents is 1. The first kappa shape index (κ1) is 11.6. The van der Waals surface area contributed by atoms with Crippen molar-refractivity contribution in [2.24, 2.45) is 0 Å². The topological polar surface area (TPSA) is 46.5 Å². The van der Waals surface area contributed by atoms with E-state index in [9.17, 15) is 9.90 Å². The first-order valence-electron chi connectivity index (χ1n) is 5.08. The van der Waals surface area contributed by atoms with Gasteiger partial charge in [0.2, 0.25) is 0 Å². The lowest BCUT2D eigenvalue weighted by Gasteiger charge is -2.11. The largest absolute Gasteiger partial charge is 0.504 e. The van der Waals surface area contributed by atoms with Gasteiger partial charge in [-0.15, -0.1) is 0 Å². The number of methoxy groups -OCH3 is 1. The molecule has 0 saturated carbocycles. The second kappa shape index (κ2) is 5.39. The molecule has 1 N–H and O–H groups in total. The monoisotopic (exact) mass is 208 g/mol. The second-order valence-corrected chi connectivity index (χ2v) is 3.41. The number of rotatable bonds is 5. The van der Waals surface area contributed by atoms with Gasteiger partial charge in [0.05, 0.1) is 7.11 Å². The number of carbonyl (C=O) groups is 1. The molecular weight excluding hydrogens is 192 g/mol. The van der Waals surface area contributed by atoms with Crippen LogP contribution in [0.1, 0.15) is 35.7 Å². The number of aldehydes is 1. The first-order chi connectivity index (χ1) is 7.24. The molecule has 0 aliphatic carbocycles. The van der Waals surface area contributed by atoms with Crippen molar-refractivity contribution in [2.75, 3.05) is 7.11 Å². The molecule has 0 aromatic heterocycles. The fraction of sp³-hybridized carbons (Fsp3) is 0.417. The average Bonchev–Trinajstić information content (AvgIpc) is 2.26. The van der Waals surface area contributed by atoms with Crippen molar-refractivity contribution in [2.45, 2.75) is 26.2 Å².